The molecule has 0 aliphatic carbocycles. The zero-order valence-electron chi connectivity index (χ0n) is 21.6. The first-order chi connectivity index (χ1) is 19.2. The second-order valence-electron chi connectivity index (χ2n) is 9.51. The van der Waals surface area contributed by atoms with Gasteiger partial charge in [-0.05, 0) is 56.3 Å². The fraction of sp³-hybridized carbons (Fsp3) is 0.194. The Kier molecular flexibility index (Phi) is 6.18. The van der Waals surface area contributed by atoms with Gasteiger partial charge in [0.1, 0.15) is 11.5 Å². The lowest BCUT2D eigenvalue weighted by molar-refractivity contribution is -0.121. The van der Waals surface area contributed by atoms with E-state index in [9.17, 15) is 4.79 Å². The minimum atomic E-state index is -4.87. The van der Waals surface area contributed by atoms with E-state index in [4.69, 9.17) is 21.1 Å². The van der Waals surface area contributed by atoms with Crippen LogP contribution in [-0.4, -0.2) is 25.4 Å². The number of nitrogens with zero attached hydrogens (tertiary/aromatic N) is 2. The molecule has 0 N–H and O–H groups in total. The number of fused-ring (bicyclic) bond motifs is 6. The van der Waals surface area contributed by atoms with Crippen molar-refractivity contribution >= 4 is 34.6 Å². The minimum Gasteiger partial charge on any atom is -0.456 e. The molecule has 1 unspecified atom stereocenters. The summed E-state index contributed by atoms with van der Waals surface area (Å²) in [7, 11) is 0. The van der Waals surface area contributed by atoms with Crippen molar-refractivity contribution in [3.63, 3.8) is 0 Å². The molecule has 40 heavy (non-hydrogen) atoms. The normalized spacial score (nSPS) is 17.0. The van der Waals surface area contributed by atoms with Gasteiger partial charge in [-0.2, -0.15) is 0 Å². The van der Waals surface area contributed by atoms with Crippen LogP contribution in [0.3, 0.4) is 0 Å². The van der Waals surface area contributed by atoms with E-state index in [1.54, 1.807) is 60.7 Å². The first kappa shape index (κ1) is 26.1. The van der Waals surface area contributed by atoms with E-state index in [0.717, 1.165) is 0 Å². The summed E-state index contributed by atoms with van der Waals surface area (Å²) in [5, 5.41) is 0.160. The van der Waals surface area contributed by atoms with Gasteiger partial charge in [-0.3, -0.25) is 4.90 Å². The lowest BCUT2D eigenvalue weighted by Gasteiger charge is -2.40. The number of carbonyl (C=O) groups is 1. The average Bonchev–Trinajstić information content (AvgIpc) is 3.21. The van der Waals surface area contributed by atoms with E-state index < -0.39 is 17.9 Å². The molecule has 1 spiro atoms. The van der Waals surface area contributed by atoms with Crippen LogP contribution in [0.4, 0.5) is 30.2 Å². The summed E-state index contributed by atoms with van der Waals surface area (Å²) < 4.78 is 57.7. The molecule has 0 bridgehead atoms. The monoisotopic (exact) mass is 564 g/mol. The third kappa shape index (κ3) is 3.89. The zero-order chi connectivity index (χ0) is 28.2. The molecule has 4 aromatic rings. The minimum absolute atomic E-state index is 0.0775. The van der Waals surface area contributed by atoms with E-state index >= 15 is 13.2 Å². The van der Waals surface area contributed by atoms with Gasteiger partial charge < -0.3 is 14.4 Å². The number of esters is 1. The van der Waals surface area contributed by atoms with Gasteiger partial charge >= 0.3 is 12.3 Å². The maximum atomic E-state index is 15.2. The summed E-state index contributed by atoms with van der Waals surface area (Å²) in [5.41, 5.74) is -0.289. The number of para-hydroxylation sites is 1. The van der Waals surface area contributed by atoms with E-state index in [0.29, 0.717) is 35.7 Å². The average molecular weight is 565 g/mol. The molecule has 5 nitrogen and oxygen atoms in total. The fourth-order valence-corrected chi connectivity index (χ4v) is 5.95. The number of carbonyl (C=O) groups excluding carboxylic acids is 1. The molecule has 1 atom stereocenters. The standard InChI is InChI=1S/C31H24ClF3N2O3/c1-3-36(4-2)20-16-19(32)17-21(18-20)37(31(33,34)35)25-13-9-15-27-28(25)30(24-12-7-8-14-26(24)39-27)23-11-6-5-10-22(23)29(38)40-30/h5-18H,3-4H2,1-2H3. The van der Waals surface area contributed by atoms with Crippen LogP contribution in [0.15, 0.2) is 84.9 Å². The van der Waals surface area contributed by atoms with Crippen LogP contribution in [0.2, 0.25) is 5.02 Å². The summed E-state index contributed by atoms with van der Waals surface area (Å²) in [6.07, 6.45) is -4.87. The van der Waals surface area contributed by atoms with Crippen molar-refractivity contribution in [2.45, 2.75) is 25.7 Å². The largest absolute Gasteiger partial charge is 0.489 e. The highest BCUT2D eigenvalue weighted by molar-refractivity contribution is 6.31. The Balaban J connectivity index is 1.67. The third-order valence-electron chi connectivity index (χ3n) is 7.36. The van der Waals surface area contributed by atoms with Crippen molar-refractivity contribution in [1.29, 1.82) is 0 Å². The van der Waals surface area contributed by atoms with Crippen molar-refractivity contribution < 1.29 is 27.4 Å². The number of ether oxygens (including phenoxy) is 2. The molecule has 6 rings (SSSR count). The summed E-state index contributed by atoms with van der Waals surface area (Å²) in [6.45, 7) is 5.01. The molecule has 0 saturated carbocycles. The number of alkyl halides is 3. The van der Waals surface area contributed by atoms with Gasteiger partial charge in [0.2, 0.25) is 0 Å². The van der Waals surface area contributed by atoms with Crippen molar-refractivity contribution in [3.05, 3.63) is 112 Å². The van der Waals surface area contributed by atoms with Gasteiger partial charge in [-0.25, -0.2) is 4.79 Å². The molecule has 4 aromatic carbocycles. The second kappa shape index (κ2) is 9.48. The van der Waals surface area contributed by atoms with Crippen molar-refractivity contribution in [2.75, 3.05) is 22.9 Å². The van der Waals surface area contributed by atoms with E-state index in [-0.39, 0.29) is 38.2 Å². The highest BCUT2D eigenvalue weighted by atomic mass is 35.5. The number of anilines is 3. The quantitative estimate of drug-likeness (QED) is 0.180. The van der Waals surface area contributed by atoms with Crippen molar-refractivity contribution in [3.8, 4) is 11.5 Å². The first-order valence-corrected chi connectivity index (χ1v) is 13.2. The third-order valence-corrected chi connectivity index (χ3v) is 7.58. The maximum Gasteiger partial charge on any atom is 0.489 e. The SMILES string of the molecule is CCN(CC)c1cc(Cl)cc(N(c2cccc3c2C2(OC(=O)c4ccccc42)c2ccccc2O3)C(F)(F)F)c1. The van der Waals surface area contributed by atoms with Crippen LogP contribution in [0, 0.1) is 0 Å². The van der Waals surface area contributed by atoms with Gasteiger partial charge in [0.25, 0.3) is 0 Å². The van der Waals surface area contributed by atoms with Crippen LogP contribution >= 0.6 is 11.6 Å². The predicted molar refractivity (Wildman–Crippen MR) is 148 cm³/mol. The number of rotatable bonds is 5. The van der Waals surface area contributed by atoms with E-state index in [2.05, 4.69) is 0 Å². The van der Waals surface area contributed by atoms with Crippen LogP contribution in [0.5, 0.6) is 11.5 Å². The molecule has 0 saturated heterocycles. The Morgan fingerprint density at radius 1 is 0.825 bits per heavy atom. The molecule has 2 heterocycles. The van der Waals surface area contributed by atoms with Gasteiger partial charge in [0, 0.05) is 34.9 Å². The Hall–Kier alpha value is -4.17. The summed E-state index contributed by atoms with van der Waals surface area (Å²) in [4.78, 5) is 15.4. The molecular formula is C31H24ClF3N2O3. The maximum absolute atomic E-state index is 15.2. The molecule has 0 amide bonds. The van der Waals surface area contributed by atoms with Crippen LogP contribution < -0.4 is 14.5 Å². The van der Waals surface area contributed by atoms with E-state index in [1.807, 2.05) is 18.7 Å². The number of hydrogen-bond acceptors (Lipinski definition) is 5. The Morgan fingerprint density at radius 3 is 2.20 bits per heavy atom. The highest BCUT2D eigenvalue weighted by Crippen LogP contribution is 2.59. The summed E-state index contributed by atoms with van der Waals surface area (Å²) >= 11 is 6.39. The van der Waals surface area contributed by atoms with Crippen molar-refractivity contribution in [2.24, 2.45) is 0 Å². The van der Waals surface area contributed by atoms with Gasteiger partial charge in [-0.15, -0.1) is 13.2 Å². The summed E-state index contributed by atoms with van der Waals surface area (Å²) in [5.74, 6) is -0.0825. The topological polar surface area (TPSA) is 42.0 Å². The van der Waals surface area contributed by atoms with Gasteiger partial charge in [-0.1, -0.05) is 54.1 Å². The first-order valence-electron chi connectivity index (χ1n) is 12.8. The number of hydrogen-bond donors (Lipinski definition) is 0. The molecule has 204 valence electrons. The molecule has 2 aliphatic heterocycles. The number of benzene rings is 4. The smallest absolute Gasteiger partial charge is 0.456 e. The van der Waals surface area contributed by atoms with Crippen LogP contribution in [0.25, 0.3) is 0 Å². The molecular weight excluding hydrogens is 541 g/mol. The molecule has 0 fully saturated rings. The van der Waals surface area contributed by atoms with Crippen LogP contribution in [0.1, 0.15) is 40.9 Å². The van der Waals surface area contributed by atoms with Crippen molar-refractivity contribution in [1.82, 2.24) is 0 Å². The molecule has 2 aliphatic rings. The second-order valence-corrected chi connectivity index (χ2v) is 9.94. The predicted octanol–water partition coefficient (Wildman–Crippen LogP) is 8.41. The van der Waals surface area contributed by atoms with Gasteiger partial charge in [0.05, 0.1) is 22.5 Å². The lowest BCUT2D eigenvalue weighted by atomic mass is 9.76. The lowest BCUT2D eigenvalue weighted by Crippen LogP contribution is -2.39. The molecule has 9 heteroatoms. The van der Waals surface area contributed by atoms with E-state index in [1.165, 1.54) is 24.3 Å². The van der Waals surface area contributed by atoms with Gasteiger partial charge in [0.15, 0.2) is 5.60 Å². The van der Waals surface area contributed by atoms with Crippen LogP contribution in [-0.2, 0) is 10.3 Å². The number of halogens is 4. The fourth-order valence-electron chi connectivity index (χ4n) is 5.73. The zero-order valence-corrected chi connectivity index (χ0v) is 22.4. The summed E-state index contributed by atoms with van der Waals surface area (Å²) in [6, 6.07) is 22.5. The highest BCUT2D eigenvalue weighted by Gasteiger charge is 2.56. The Bertz CT molecular complexity index is 1640. The Labute approximate surface area is 234 Å². The Morgan fingerprint density at radius 2 is 1.48 bits per heavy atom. The molecule has 0 radical (unpaired) electrons. The molecule has 0 aromatic heterocycles.